The Morgan fingerprint density at radius 3 is 1.62 bits per heavy atom. The lowest BCUT2D eigenvalue weighted by Gasteiger charge is -2.32. The molecule has 0 bridgehead atoms. The Balaban J connectivity index is 0.000000640. The quantitative estimate of drug-likeness (QED) is 0.186. The van der Waals surface area contributed by atoms with Crippen LogP contribution in [0, 0.1) is 0 Å². The lowest BCUT2D eigenvalue weighted by atomic mass is 9.99. The Kier molecular flexibility index (Phi) is 17.6. The van der Waals surface area contributed by atoms with Gasteiger partial charge in [0.2, 0.25) is 5.79 Å². The summed E-state index contributed by atoms with van der Waals surface area (Å²) in [5.41, 5.74) is -0.648. The Bertz CT molecular complexity index is 884. The van der Waals surface area contributed by atoms with Crippen LogP contribution in [-0.2, 0) is 57.0 Å². The first-order valence-corrected chi connectivity index (χ1v) is 14.3. The van der Waals surface area contributed by atoms with E-state index in [4.69, 9.17) is 58.0 Å². The summed E-state index contributed by atoms with van der Waals surface area (Å²) in [4.78, 5) is 32.2. The molecular weight excluding hydrogens is 604 g/mol. The smallest absolute Gasteiger partial charge is 0.320 e. The van der Waals surface area contributed by atoms with Crippen LogP contribution in [0.1, 0.15) is 76.2 Å². The highest BCUT2D eigenvalue weighted by Crippen LogP contribution is 2.33. The van der Waals surface area contributed by atoms with Crippen molar-refractivity contribution in [3.8, 4) is 0 Å². The molecule has 0 saturated carbocycles. The topological polar surface area (TPSA) is 215 Å². The number of carbonyl (C=O) groups is 3. The predicted molar refractivity (Wildman–Crippen MR) is 155 cm³/mol. The zero-order valence-corrected chi connectivity index (χ0v) is 27.0. The molecule has 0 amide bonds. The molecule has 8 unspecified atom stereocenters. The van der Waals surface area contributed by atoms with E-state index in [1.165, 1.54) is 27.7 Å². The van der Waals surface area contributed by atoms with Gasteiger partial charge in [-0.2, -0.15) is 0 Å². The summed E-state index contributed by atoms with van der Waals surface area (Å²) in [6, 6.07) is 0. The first-order valence-electron chi connectivity index (χ1n) is 14.3. The van der Waals surface area contributed by atoms with Crippen molar-refractivity contribution in [2.45, 2.75) is 130 Å². The Morgan fingerprint density at radius 2 is 1.20 bits per heavy atom. The van der Waals surface area contributed by atoms with E-state index >= 15 is 0 Å². The lowest BCUT2D eigenvalue weighted by molar-refractivity contribution is -0.352. The van der Waals surface area contributed by atoms with Gasteiger partial charge >= 0.3 is 23.9 Å². The Labute approximate surface area is 265 Å². The van der Waals surface area contributed by atoms with Gasteiger partial charge in [-0.25, -0.2) is 0 Å². The maximum absolute atomic E-state index is 10.9. The van der Waals surface area contributed by atoms with Crippen LogP contribution in [0.4, 0.5) is 0 Å². The summed E-state index contributed by atoms with van der Waals surface area (Å²) >= 11 is 0. The number of hydrogen-bond acceptors (Lipinski definition) is 16. The molecule has 3 fully saturated rings. The molecule has 0 aromatic carbocycles. The van der Waals surface area contributed by atoms with E-state index in [0.717, 1.165) is 0 Å². The highest BCUT2D eigenvalue weighted by molar-refractivity contribution is 5.67. The average Bonchev–Trinajstić information content (AvgIpc) is 3.60. The molecule has 45 heavy (non-hydrogen) atoms. The molecule has 8 atom stereocenters. The molecule has 3 aliphatic heterocycles. The highest BCUT2D eigenvalue weighted by Gasteiger charge is 2.47. The second-order valence-electron chi connectivity index (χ2n) is 11.5. The number of carbonyl (C=O) groups excluding carboxylic acids is 3. The Hall–Kier alpha value is -1.99. The molecule has 0 aliphatic carbocycles. The second-order valence-corrected chi connectivity index (χ2v) is 11.5. The first kappa shape index (κ1) is 43.0. The van der Waals surface area contributed by atoms with Gasteiger partial charge in [-0.15, -0.1) is 0 Å². The van der Waals surface area contributed by atoms with E-state index in [1.54, 1.807) is 34.6 Å². The van der Waals surface area contributed by atoms with Crippen LogP contribution in [0.3, 0.4) is 0 Å². The van der Waals surface area contributed by atoms with Gasteiger partial charge in [0, 0.05) is 27.2 Å². The predicted octanol–water partition coefficient (Wildman–Crippen LogP) is 0.532. The highest BCUT2D eigenvalue weighted by atomic mass is 16.9. The van der Waals surface area contributed by atoms with Gasteiger partial charge in [0.15, 0.2) is 18.0 Å². The van der Waals surface area contributed by atoms with E-state index in [0.29, 0.717) is 19.6 Å². The van der Waals surface area contributed by atoms with Gasteiger partial charge in [-0.3, -0.25) is 14.4 Å². The summed E-state index contributed by atoms with van der Waals surface area (Å²) in [6.07, 6.45) is -2.21. The van der Waals surface area contributed by atoms with Crippen LogP contribution in [0.25, 0.3) is 0 Å². The average molecular weight is 659 g/mol. The summed E-state index contributed by atoms with van der Waals surface area (Å²) in [5.74, 6) is -4.93. The minimum atomic E-state index is -1.95. The van der Waals surface area contributed by atoms with Crippen LogP contribution >= 0.6 is 0 Å². The molecular formula is C29H54O16. The first-order chi connectivity index (χ1) is 20.2. The van der Waals surface area contributed by atoms with Gasteiger partial charge in [-0.05, 0) is 41.5 Å². The fourth-order valence-corrected chi connectivity index (χ4v) is 4.53. The number of ether oxygens (including phenoxy) is 9. The number of aliphatic hydroxyl groups excluding tert-OH is 3. The van der Waals surface area contributed by atoms with Crippen molar-refractivity contribution in [2.75, 3.05) is 39.6 Å². The van der Waals surface area contributed by atoms with E-state index in [1.807, 2.05) is 0 Å². The molecule has 3 aliphatic rings. The van der Waals surface area contributed by atoms with Gasteiger partial charge in [0.1, 0.15) is 23.9 Å². The molecule has 3 rings (SSSR count). The third kappa shape index (κ3) is 14.5. The van der Waals surface area contributed by atoms with E-state index in [-0.39, 0.29) is 58.0 Å². The fraction of sp³-hybridized carbons (Fsp3) is 0.897. The molecule has 0 radical (unpaired) electrons. The van der Waals surface area contributed by atoms with Crippen LogP contribution < -0.4 is 0 Å². The largest absolute Gasteiger partial charge is 0.460 e. The van der Waals surface area contributed by atoms with Crippen LogP contribution in [0.5, 0.6) is 0 Å². The SMILES string of the molecule is C.CC(=O)OC(C)(C)CC1(C)OCC(CO)O1.CC(=O)OC(C)C1(C)OCC(CO)O1.CC(=O)OC(C)C1(O)OCC(CO)O1. The molecule has 16 nitrogen and oxygen atoms in total. The minimum Gasteiger partial charge on any atom is -0.460 e. The molecule has 0 aromatic heterocycles. The number of rotatable bonds is 10. The molecule has 16 heteroatoms. The monoisotopic (exact) mass is 658 g/mol. The standard InChI is InChI=1S/C11H20O5.C9H16O5.C8H14O6.CH4/c1-8(13)15-10(2,3)7-11(4)14-6-9(5-12)16-11;1-6(13-7(2)11)9(3)12-5-8(4-10)14-9;1-5(13-6(2)10)8(11)12-4-7(3-9)14-8;/h9,12H,5-7H2,1-4H3;6,8,10H,4-5H2,1-3H3;5,7,9,11H,3-4H2,1-2H3;1H4. The van der Waals surface area contributed by atoms with Crippen molar-refractivity contribution >= 4 is 17.9 Å². The third-order valence-electron chi connectivity index (χ3n) is 6.47. The maximum Gasteiger partial charge on any atom is 0.320 e. The van der Waals surface area contributed by atoms with Crippen LogP contribution in [0.15, 0.2) is 0 Å². The molecule has 266 valence electrons. The van der Waals surface area contributed by atoms with Gasteiger partial charge in [0.05, 0.1) is 39.6 Å². The molecule has 3 saturated heterocycles. The second kappa shape index (κ2) is 18.4. The molecule has 0 aromatic rings. The van der Waals surface area contributed by atoms with Crippen molar-refractivity contribution < 1.29 is 77.4 Å². The Morgan fingerprint density at radius 1 is 0.756 bits per heavy atom. The molecule has 0 spiro atoms. The maximum atomic E-state index is 10.9. The summed E-state index contributed by atoms with van der Waals surface area (Å²) in [6.45, 7) is 14.5. The van der Waals surface area contributed by atoms with Gasteiger partial charge in [-0.1, -0.05) is 7.43 Å². The van der Waals surface area contributed by atoms with Gasteiger partial charge < -0.3 is 63.1 Å². The number of esters is 3. The van der Waals surface area contributed by atoms with Crippen molar-refractivity contribution in [2.24, 2.45) is 0 Å². The van der Waals surface area contributed by atoms with Gasteiger partial charge in [0.25, 0.3) is 0 Å². The van der Waals surface area contributed by atoms with Crippen molar-refractivity contribution in [1.29, 1.82) is 0 Å². The normalized spacial score (nSPS) is 32.1. The number of hydrogen-bond donors (Lipinski definition) is 4. The van der Waals surface area contributed by atoms with Crippen molar-refractivity contribution in [3.63, 3.8) is 0 Å². The van der Waals surface area contributed by atoms with E-state index < -0.39 is 47.4 Å². The van der Waals surface area contributed by atoms with Crippen molar-refractivity contribution in [3.05, 3.63) is 0 Å². The third-order valence-corrected chi connectivity index (χ3v) is 6.47. The summed E-state index contributed by atoms with van der Waals surface area (Å²) < 4.78 is 46.5. The van der Waals surface area contributed by atoms with E-state index in [9.17, 15) is 19.5 Å². The van der Waals surface area contributed by atoms with Crippen molar-refractivity contribution in [1.82, 2.24) is 0 Å². The zero-order valence-electron chi connectivity index (χ0n) is 27.0. The lowest BCUT2D eigenvalue weighted by Crippen LogP contribution is -2.44. The van der Waals surface area contributed by atoms with E-state index in [2.05, 4.69) is 0 Å². The zero-order chi connectivity index (χ0) is 33.9. The summed E-state index contributed by atoms with van der Waals surface area (Å²) in [7, 11) is 0. The summed E-state index contributed by atoms with van der Waals surface area (Å²) in [5, 5.41) is 36.2. The fourth-order valence-electron chi connectivity index (χ4n) is 4.53. The molecule has 4 N–H and O–H groups in total. The van der Waals surface area contributed by atoms with Crippen LogP contribution in [0.2, 0.25) is 0 Å². The minimum absolute atomic E-state index is 0. The molecule has 3 heterocycles. The number of aliphatic hydroxyl groups is 4. The van der Waals surface area contributed by atoms with Crippen LogP contribution in [-0.4, -0.2) is 132 Å².